The molecule has 0 spiro atoms. The minimum absolute atomic E-state index is 0.129. The fraction of sp³-hybridized carbons (Fsp3) is 0.286. The van der Waals surface area contributed by atoms with Crippen molar-refractivity contribution in [3.63, 3.8) is 0 Å². The Labute approximate surface area is 112 Å². The number of aromatic amines is 1. The monoisotopic (exact) mass is 258 g/mol. The van der Waals surface area contributed by atoms with Crippen molar-refractivity contribution in [2.24, 2.45) is 5.73 Å². The van der Waals surface area contributed by atoms with Crippen molar-refractivity contribution in [3.05, 3.63) is 54.1 Å². The Balaban J connectivity index is 1.73. The molecule has 4 N–H and O–H groups in total. The Morgan fingerprint density at radius 1 is 1.37 bits per heavy atom. The standard InChI is InChI=1S/C14H18N4O/c15-12(10-11-4-2-1-3-5-11)14(19)18-7-6-13-16-8-9-17-13/h1-5,8-9,12H,6-7,10,15H2,(H,16,17)(H,18,19)/t12-/m1/s1. The lowest BCUT2D eigenvalue weighted by Crippen LogP contribution is -2.42. The summed E-state index contributed by atoms with van der Waals surface area (Å²) in [6.45, 7) is 0.537. The first-order valence-corrected chi connectivity index (χ1v) is 6.31. The zero-order chi connectivity index (χ0) is 13.5. The molecule has 0 aliphatic carbocycles. The van der Waals surface area contributed by atoms with Gasteiger partial charge in [-0.05, 0) is 12.0 Å². The lowest BCUT2D eigenvalue weighted by molar-refractivity contribution is -0.122. The number of nitrogens with zero attached hydrogens (tertiary/aromatic N) is 1. The van der Waals surface area contributed by atoms with Crippen LogP contribution in [0.3, 0.4) is 0 Å². The Kier molecular flexibility index (Phi) is 4.69. The van der Waals surface area contributed by atoms with Crippen LogP contribution in [-0.2, 0) is 17.6 Å². The molecule has 100 valence electrons. The third-order valence-electron chi connectivity index (χ3n) is 2.85. The number of amides is 1. The molecule has 5 heteroatoms. The summed E-state index contributed by atoms with van der Waals surface area (Å²) in [5.74, 6) is 0.729. The van der Waals surface area contributed by atoms with Crippen LogP contribution in [0, 0.1) is 0 Å². The maximum Gasteiger partial charge on any atom is 0.237 e. The second-order valence-electron chi connectivity index (χ2n) is 4.37. The van der Waals surface area contributed by atoms with Crippen LogP contribution < -0.4 is 11.1 Å². The van der Waals surface area contributed by atoms with Crippen molar-refractivity contribution in [1.82, 2.24) is 15.3 Å². The molecule has 1 aromatic carbocycles. The normalized spacial score (nSPS) is 12.1. The van der Waals surface area contributed by atoms with Crippen molar-refractivity contribution in [2.45, 2.75) is 18.9 Å². The van der Waals surface area contributed by atoms with Crippen LogP contribution in [0.4, 0.5) is 0 Å². The summed E-state index contributed by atoms with van der Waals surface area (Å²) in [5.41, 5.74) is 6.94. The molecule has 0 aliphatic rings. The topological polar surface area (TPSA) is 83.8 Å². The van der Waals surface area contributed by atoms with E-state index in [2.05, 4.69) is 15.3 Å². The highest BCUT2D eigenvalue weighted by molar-refractivity contribution is 5.81. The highest BCUT2D eigenvalue weighted by Gasteiger charge is 2.13. The summed E-state index contributed by atoms with van der Waals surface area (Å²) in [6, 6.07) is 9.25. The summed E-state index contributed by atoms with van der Waals surface area (Å²) < 4.78 is 0. The molecule has 2 aromatic rings. The SMILES string of the molecule is N[C@H](Cc1ccccc1)C(=O)NCCc1ncc[nH]1. The molecular weight excluding hydrogens is 240 g/mol. The first kappa shape index (κ1) is 13.3. The third-order valence-corrected chi connectivity index (χ3v) is 2.85. The Morgan fingerprint density at radius 2 is 2.16 bits per heavy atom. The van der Waals surface area contributed by atoms with Gasteiger partial charge in [-0.15, -0.1) is 0 Å². The number of hydrogen-bond acceptors (Lipinski definition) is 3. The van der Waals surface area contributed by atoms with Gasteiger partial charge in [0.1, 0.15) is 5.82 Å². The molecule has 0 fully saturated rings. The van der Waals surface area contributed by atoms with Gasteiger partial charge in [0, 0.05) is 25.4 Å². The number of carbonyl (C=O) groups is 1. The zero-order valence-electron chi connectivity index (χ0n) is 10.7. The molecule has 19 heavy (non-hydrogen) atoms. The minimum Gasteiger partial charge on any atom is -0.354 e. The van der Waals surface area contributed by atoms with Crippen LogP contribution >= 0.6 is 0 Å². The fourth-order valence-corrected chi connectivity index (χ4v) is 1.83. The van der Waals surface area contributed by atoms with Crippen molar-refractivity contribution in [1.29, 1.82) is 0 Å². The van der Waals surface area contributed by atoms with E-state index in [1.54, 1.807) is 12.4 Å². The van der Waals surface area contributed by atoms with Crippen LogP contribution in [-0.4, -0.2) is 28.5 Å². The first-order chi connectivity index (χ1) is 9.25. The number of hydrogen-bond donors (Lipinski definition) is 3. The molecule has 0 radical (unpaired) electrons. The van der Waals surface area contributed by atoms with Gasteiger partial charge < -0.3 is 16.0 Å². The molecule has 1 atom stereocenters. The molecule has 0 unspecified atom stereocenters. The Morgan fingerprint density at radius 3 is 2.84 bits per heavy atom. The lowest BCUT2D eigenvalue weighted by atomic mass is 10.1. The minimum atomic E-state index is -0.515. The van der Waals surface area contributed by atoms with E-state index in [9.17, 15) is 4.79 Å². The van der Waals surface area contributed by atoms with E-state index in [0.717, 1.165) is 11.4 Å². The molecule has 0 aliphatic heterocycles. The van der Waals surface area contributed by atoms with Gasteiger partial charge in [0.25, 0.3) is 0 Å². The van der Waals surface area contributed by atoms with Crippen molar-refractivity contribution in [2.75, 3.05) is 6.54 Å². The van der Waals surface area contributed by atoms with Crippen LogP contribution in [0.2, 0.25) is 0 Å². The molecular formula is C14H18N4O. The maximum absolute atomic E-state index is 11.8. The summed E-state index contributed by atoms with van der Waals surface area (Å²) in [5, 5.41) is 2.82. The first-order valence-electron chi connectivity index (χ1n) is 6.31. The molecule has 0 saturated carbocycles. The van der Waals surface area contributed by atoms with E-state index in [1.165, 1.54) is 0 Å². The second kappa shape index (κ2) is 6.70. The second-order valence-corrected chi connectivity index (χ2v) is 4.37. The van der Waals surface area contributed by atoms with Crippen molar-refractivity contribution < 1.29 is 4.79 Å². The van der Waals surface area contributed by atoms with E-state index >= 15 is 0 Å². The molecule has 1 heterocycles. The van der Waals surface area contributed by atoms with Crippen LogP contribution in [0.1, 0.15) is 11.4 Å². The predicted molar refractivity (Wildman–Crippen MR) is 73.4 cm³/mol. The maximum atomic E-state index is 11.8. The fourth-order valence-electron chi connectivity index (χ4n) is 1.83. The smallest absolute Gasteiger partial charge is 0.237 e. The van der Waals surface area contributed by atoms with E-state index in [4.69, 9.17) is 5.73 Å². The summed E-state index contributed by atoms with van der Waals surface area (Å²) in [4.78, 5) is 18.9. The molecule has 1 amide bonds. The van der Waals surface area contributed by atoms with E-state index in [-0.39, 0.29) is 5.91 Å². The van der Waals surface area contributed by atoms with Crippen LogP contribution in [0.15, 0.2) is 42.7 Å². The zero-order valence-corrected chi connectivity index (χ0v) is 10.7. The average molecular weight is 258 g/mol. The Bertz CT molecular complexity index is 495. The number of imidazole rings is 1. The van der Waals surface area contributed by atoms with Gasteiger partial charge in [0.15, 0.2) is 0 Å². The quantitative estimate of drug-likeness (QED) is 0.711. The Hall–Kier alpha value is -2.14. The third kappa shape index (κ3) is 4.22. The van der Waals surface area contributed by atoms with Crippen molar-refractivity contribution in [3.8, 4) is 0 Å². The highest BCUT2D eigenvalue weighted by Crippen LogP contribution is 2.01. The predicted octanol–water partition coefficient (Wildman–Crippen LogP) is 0.638. The van der Waals surface area contributed by atoms with Crippen molar-refractivity contribution >= 4 is 5.91 Å². The molecule has 5 nitrogen and oxygen atoms in total. The number of nitrogens with one attached hydrogen (secondary N) is 2. The van der Waals surface area contributed by atoms with E-state index < -0.39 is 6.04 Å². The summed E-state index contributed by atoms with van der Waals surface area (Å²) in [6.07, 6.45) is 4.68. The van der Waals surface area contributed by atoms with Crippen LogP contribution in [0.25, 0.3) is 0 Å². The van der Waals surface area contributed by atoms with Crippen LogP contribution in [0.5, 0.6) is 0 Å². The van der Waals surface area contributed by atoms with Gasteiger partial charge in [-0.1, -0.05) is 30.3 Å². The number of H-pyrrole nitrogens is 1. The molecule has 0 bridgehead atoms. The van der Waals surface area contributed by atoms with E-state index in [0.29, 0.717) is 19.4 Å². The number of nitrogens with two attached hydrogens (primary N) is 1. The average Bonchev–Trinajstić information content (AvgIpc) is 2.93. The van der Waals surface area contributed by atoms with Gasteiger partial charge >= 0.3 is 0 Å². The number of carbonyl (C=O) groups excluding carboxylic acids is 1. The lowest BCUT2D eigenvalue weighted by Gasteiger charge is -2.11. The van der Waals surface area contributed by atoms with Gasteiger partial charge in [-0.25, -0.2) is 4.98 Å². The number of aromatic nitrogens is 2. The highest BCUT2D eigenvalue weighted by atomic mass is 16.2. The van der Waals surface area contributed by atoms with Gasteiger partial charge in [0.2, 0.25) is 5.91 Å². The number of benzene rings is 1. The summed E-state index contributed by atoms with van der Waals surface area (Å²) >= 11 is 0. The molecule has 2 rings (SSSR count). The largest absolute Gasteiger partial charge is 0.354 e. The van der Waals surface area contributed by atoms with Gasteiger partial charge in [-0.3, -0.25) is 4.79 Å². The molecule has 0 saturated heterocycles. The van der Waals surface area contributed by atoms with Gasteiger partial charge in [0.05, 0.1) is 6.04 Å². The van der Waals surface area contributed by atoms with Gasteiger partial charge in [-0.2, -0.15) is 0 Å². The summed E-state index contributed by atoms with van der Waals surface area (Å²) in [7, 11) is 0. The molecule has 1 aromatic heterocycles. The van der Waals surface area contributed by atoms with E-state index in [1.807, 2.05) is 30.3 Å². The number of rotatable bonds is 6.